The number of rotatable bonds is 0. The van der Waals surface area contributed by atoms with E-state index >= 15 is 0 Å². The summed E-state index contributed by atoms with van der Waals surface area (Å²) in [5.74, 6) is 0. The van der Waals surface area contributed by atoms with Crippen LogP contribution in [0.15, 0.2) is 22.1 Å². The van der Waals surface area contributed by atoms with E-state index in [0.717, 1.165) is 0 Å². The molecular formula is C3H3NOS. The molecular weight excluding hydrogens is 98.1 g/mol. The van der Waals surface area contributed by atoms with E-state index in [4.69, 9.17) is 0 Å². The van der Waals surface area contributed by atoms with Crippen LogP contribution in [0.1, 0.15) is 0 Å². The summed E-state index contributed by atoms with van der Waals surface area (Å²) in [6.45, 7) is 0. The number of hydrogen-bond acceptors (Lipinski definition) is 3. The zero-order valence-electron chi connectivity index (χ0n) is 2.96. The first-order valence-corrected chi connectivity index (χ1v) is 1.92. The predicted octanol–water partition coefficient (Wildman–Crippen LogP) is 0.963. The quantitative estimate of drug-likeness (QED) is 0.492. The molecule has 0 aliphatic heterocycles. The van der Waals surface area contributed by atoms with Crippen LogP contribution in [-0.2, 0) is 0 Å². The van der Waals surface area contributed by atoms with Crippen LogP contribution in [0.4, 0.5) is 0 Å². The molecule has 6 heavy (non-hydrogen) atoms. The highest BCUT2D eigenvalue weighted by atomic mass is 32.1. The molecule has 0 spiro atoms. The monoisotopic (exact) mass is 101 g/mol. The van der Waals surface area contributed by atoms with E-state index in [1.54, 1.807) is 0 Å². The number of thiol groups is 1. The van der Waals surface area contributed by atoms with Gasteiger partial charge in [0.2, 0.25) is 0 Å². The Bertz CT molecular complexity index is 114. The molecule has 0 aromatic carbocycles. The van der Waals surface area contributed by atoms with Crippen LogP contribution >= 0.6 is 12.6 Å². The molecule has 0 bridgehead atoms. The highest BCUT2D eigenvalue weighted by Crippen LogP contribution is 1.98. The van der Waals surface area contributed by atoms with E-state index in [2.05, 4.69) is 22.0 Å². The Labute approximate surface area is 40.6 Å². The first-order chi connectivity index (χ1) is 2.89. The summed E-state index contributed by atoms with van der Waals surface area (Å²) in [7, 11) is 0. The Hall–Kier alpha value is -0.440. The number of hydrogen-bond donors (Lipinski definition) is 1. The van der Waals surface area contributed by atoms with Gasteiger partial charge in [-0.05, 0) is 0 Å². The molecule has 0 unspecified atom stereocenters. The third-order valence-electron chi connectivity index (χ3n) is 0.419. The lowest BCUT2D eigenvalue weighted by Crippen LogP contribution is -1.43. The summed E-state index contributed by atoms with van der Waals surface area (Å²) < 4.78 is 4.59. The van der Waals surface area contributed by atoms with Gasteiger partial charge < -0.3 is 4.42 Å². The molecule has 1 rings (SSSR count). The summed E-state index contributed by atoms with van der Waals surface area (Å²) in [4.78, 5) is 3.58. The van der Waals surface area contributed by atoms with E-state index in [1.165, 1.54) is 12.6 Å². The van der Waals surface area contributed by atoms with Gasteiger partial charge in [0.05, 0.1) is 6.20 Å². The molecule has 1 aromatic rings. The zero-order valence-corrected chi connectivity index (χ0v) is 3.85. The first kappa shape index (κ1) is 3.74. The van der Waals surface area contributed by atoms with E-state index < -0.39 is 0 Å². The molecule has 1 aromatic heterocycles. The van der Waals surface area contributed by atoms with Gasteiger partial charge in [-0.2, -0.15) is 0 Å². The van der Waals surface area contributed by atoms with Gasteiger partial charge in [0.25, 0.3) is 0 Å². The fraction of sp³-hybridized carbons (Fsp3) is 0. The van der Waals surface area contributed by atoms with Gasteiger partial charge in [-0.25, -0.2) is 4.98 Å². The minimum Gasteiger partial charge on any atom is -0.438 e. The van der Waals surface area contributed by atoms with Gasteiger partial charge in [-0.15, -0.1) is 12.6 Å². The normalized spacial score (nSPS) is 8.83. The molecule has 0 saturated carbocycles. The Morgan fingerprint density at radius 3 is 2.83 bits per heavy atom. The topological polar surface area (TPSA) is 26.0 Å². The van der Waals surface area contributed by atoms with Crippen molar-refractivity contribution >= 4 is 12.6 Å². The highest BCUT2D eigenvalue weighted by molar-refractivity contribution is 7.80. The van der Waals surface area contributed by atoms with Crippen molar-refractivity contribution in [2.45, 2.75) is 5.09 Å². The molecule has 0 atom stereocenters. The minimum absolute atomic E-state index is 0.551. The molecule has 1 heterocycles. The third-order valence-corrected chi connectivity index (χ3v) is 0.640. The lowest BCUT2D eigenvalue weighted by Gasteiger charge is -1.65. The third kappa shape index (κ3) is 0.542. The Morgan fingerprint density at radius 1 is 1.83 bits per heavy atom. The average Bonchev–Trinajstić information content (AvgIpc) is 1.86. The number of aromatic nitrogens is 1. The molecule has 0 fully saturated rings. The average molecular weight is 101 g/mol. The van der Waals surface area contributed by atoms with Crippen molar-refractivity contribution in [3.63, 3.8) is 0 Å². The summed E-state index contributed by atoms with van der Waals surface area (Å²) in [6, 6.07) is 0. The zero-order chi connectivity index (χ0) is 4.41. The second kappa shape index (κ2) is 1.34. The van der Waals surface area contributed by atoms with Crippen molar-refractivity contribution in [3.8, 4) is 0 Å². The minimum atomic E-state index is 0.551. The number of oxazole rings is 1. The molecule has 2 nitrogen and oxygen atoms in total. The summed E-state index contributed by atoms with van der Waals surface area (Å²) >= 11 is 3.81. The van der Waals surface area contributed by atoms with Crippen molar-refractivity contribution in [1.29, 1.82) is 0 Å². The van der Waals surface area contributed by atoms with Crippen LogP contribution in [0.3, 0.4) is 0 Å². The molecule has 0 amide bonds. The fourth-order valence-electron chi connectivity index (χ4n) is 0.209. The summed E-state index contributed by atoms with van der Waals surface area (Å²) in [5, 5.41) is 0.551. The van der Waals surface area contributed by atoms with Gasteiger partial charge in [0, 0.05) is 0 Å². The van der Waals surface area contributed by atoms with Gasteiger partial charge in [-0.1, -0.05) is 0 Å². The van der Waals surface area contributed by atoms with Gasteiger partial charge in [-0.3, -0.25) is 0 Å². The standard InChI is InChI=1S/C3H3NOS/c6-3-1-4-2-5-3/h1-2,6H. The van der Waals surface area contributed by atoms with E-state index in [9.17, 15) is 0 Å². The smallest absolute Gasteiger partial charge is 0.182 e. The second-order valence-electron chi connectivity index (χ2n) is 0.840. The second-order valence-corrected chi connectivity index (χ2v) is 1.28. The Kier molecular flexibility index (Phi) is 0.837. The Balaban J connectivity index is 3.05. The van der Waals surface area contributed by atoms with Crippen molar-refractivity contribution < 1.29 is 4.42 Å². The highest BCUT2D eigenvalue weighted by Gasteiger charge is 1.78. The molecule has 0 radical (unpaired) electrons. The van der Waals surface area contributed by atoms with Crippen molar-refractivity contribution in [2.75, 3.05) is 0 Å². The van der Waals surface area contributed by atoms with Crippen LogP contribution in [0.5, 0.6) is 0 Å². The van der Waals surface area contributed by atoms with Gasteiger partial charge in [0.1, 0.15) is 0 Å². The first-order valence-electron chi connectivity index (χ1n) is 1.47. The van der Waals surface area contributed by atoms with Gasteiger partial charge >= 0.3 is 0 Å². The van der Waals surface area contributed by atoms with E-state index in [0.29, 0.717) is 5.09 Å². The van der Waals surface area contributed by atoms with Crippen LogP contribution in [-0.4, -0.2) is 4.98 Å². The predicted molar refractivity (Wildman–Crippen MR) is 23.8 cm³/mol. The van der Waals surface area contributed by atoms with Crippen molar-refractivity contribution in [3.05, 3.63) is 12.6 Å². The molecule has 32 valence electrons. The molecule has 0 N–H and O–H groups in total. The lowest BCUT2D eigenvalue weighted by molar-refractivity contribution is 0.471. The molecule has 0 aliphatic rings. The maximum atomic E-state index is 4.59. The van der Waals surface area contributed by atoms with E-state index in [1.807, 2.05) is 0 Å². The van der Waals surface area contributed by atoms with Crippen molar-refractivity contribution in [1.82, 2.24) is 4.98 Å². The maximum Gasteiger partial charge on any atom is 0.182 e. The lowest BCUT2D eigenvalue weighted by atomic mass is 11.0. The molecule has 3 heteroatoms. The van der Waals surface area contributed by atoms with Crippen LogP contribution in [0.25, 0.3) is 0 Å². The van der Waals surface area contributed by atoms with Crippen LogP contribution in [0, 0.1) is 0 Å². The molecule has 0 aliphatic carbocycles. The largest absolute Gasteiger partial charge is 0.438 e. The van der Waals surface area contributed by atoms with Crippen molar-refractivity contribution in [2.24, 2.45) is 0 Å². The fourth-order valence-corrected chi connectivity index (χ4v) is 0.323. The summed E-state index contributed by atoms with van der Waals surface area (Å²) in [6.07, 6.45) is 2.87. The SMILES string of the molecule is Sc1cnco1. The Morgan fingerprint density at radius 2 is 2.67 bits per heavy atom. The number of nitrogens with zero attached hydrogens (tertiary/aromatic N) is 1. The van der Waals surface area contributed by atoms with Crippen LogP contribution < -0.4 is 0 Å². The van der Waals surface area contributed by atoms with Crippen LogP contribution in [0.2, 0.25) is 0 Å². The maximum absolute atomic E-state index is 4.59. The van der Waals surface area contributed by atoms with E-state index in [-0.39, 0.29) is 0 Å². The summed E-state index contributed by atoms with van der Waals surface area (Å²) in [5.41, 5.74) is 0. The molecule has 0 saturated heterocycles. The van der Waals surface area contributed by atoms with Gasteiger partial charge in [0.15, 0.2) is 11.5 Å².